The van der Waals surface area contributed by atoms with Crippen LogP contribution >= 0.6 is 23.3 Å². The number of rotatable bonds is 7. The highest BCUT2D eigenvalue weighted by Gasteiger charge is 2.09. The van der Waals surface area contributed by atoms with Gasteiger partial charge in [0.25, 0.3) is 11.1 Å². The van der Waals surface area contributed by atoms with Crippen LogP contribution in [0.15, 0.2) is 26.9 Å². The minimum absolute atomic E-state index is 0.0525. The maximum Gasteiger partial charge on any atom is 0.265 e. The largest absolute Gasteiger partial charge is 0.301 e. The number of thioether (sulfide) groups is 1. The van der Waals surface area contributed by atoms with Gasteiger partial charge < -0.3 is 5.32 Å². The van der Waals surface area contributed by atoms with E-state index in [1.807, 2.05) is 0 Å². The molecule has 0 aliphatic carbocycles. The van der Waals surface area contributed by atoms with Gasteiger partial charge in [0.1, 0.15) is 0 Å². The Hall–Kier alpha value is -1.94. The zero-order chi connectivity index (χ0) is 15.9. The van der Waals surface area contributed by atoms with Crippen molar-refractivity contribution in [2.75, 3.05) is 11.1 Å². The van der Waals surface area contributed by atoms with Gasteiger partial charge in [0, 0.05) is 35.8 Å². The number of hydrogen-bond donors (Lipinski definition) is 2. The van der Waals surface area contributed by atoms with E-state index in [0.29, 0.717) is 10.3 Å². The zero-order valence-electron chi connectivity index (χ0n) is 11.9. The Kier molecular flexibility index (Phi) is 5.90. The first kappa shape index (κ1) is 16.4. The van der Waals surface area contributed by atoms with E-state index in [2.05, 4.69) is 26.7 Å². The van der Waals surface area contributed by atoms with E-state index in [1.54, 1.807) is 0 Å². The number of anilines is 1. The quantitative estimate of drug-likeness (QED) is 0.725. The van der Waals surface area contributed by atoms with Crippen molar-refractivity contribution in [3.8, 4) is 0 Å². The Morgan fingerprint density at radius 3 is 3.05 bits per heavy atom. The molecule has 2 aromatic heterocycles. The van der Waals surface area contributed by atoms with Crippen LogP contribution < -0.4 is 16.4 Å². The molecule has 8 nitrogen and oxygen atoms in total. The van der Waals surface area contributed by atoms with E-state index in [4.69, 9.17) is 0 Å². The summed E-state index contributed by atoms with van der Waals surface area (Å²) in [6.45, 7) is 2.16. The highest BCUT2D eigenvalue weighted by Crippen LogP contribution is 2.20. The second-order valence-electron chi connectivity index (χ2n) is 4.33. The molecule has 2 heterocycles. The van der Waals surface area contributed by atoms with Gasteiger partial charge in [-0.3, -0.25) is 19.5 Å². The third kappa shape index (κ3) is 4.81. The van der Waals surface area contributed by atoms with Crippen molar-refractivity contribution in [3.05, 3.63) is 32.8 Å². The van der Waals surface area contributed by atoms with E-state index in [0.717, 1.165) is 34.5 Å². The lowest BCUT2D eigenvalue weighted by Crippen LogP contribution is -2.29. The van der Waals surface area contributed by atoms with Gasteiger partial charge in [-0.05, 0) is 6.42 Å². The summed E-state index contributed by atoms with van der Waals surface area (Å²) >= 11 is 2.65. The third-order valence-corrected chi connectivity index (χ3v) is 4.34. The average Bonchev–Trinajstić information content (AvgIpc) is 2.93. The summed E-state index contributed by atoms with van der Waals surface area (Å²) in [6.07, 6.45) is 1.08. The van der Waals surface area contributed by atoms with Crippen molar-refractivity contribution in [2.45, 2.75) is 31.5 Å². The predicted molar refractivity (Wildman–Crippen MR) is 85.5 cm³/mol. The first-order valence-electron chi connectivity index (χ1n) is 6.65. The molecule has 10 heteroatoms. The van der Waals surface area contributed by atoms with E-state index in [1.165, 1.54) is 17.8 Å². The van der Waals surface area contributed by atoms with Crippen LogP contribution in [0.4, 0.5) is 5.13 Å². The van der Waals surface area contributed by atoms with Gasteiger partial charge in [-0.25, -0.2) is 4.68 Å². The highest BCUT2D eigenvalue weighted by molar-refractivity contribution is 7.99. The van der Waals surface area contributed by atoms with E-state index in [-0.39, 0.29) is 30.0 Å². The second-order valence-corrected chi connectivity index (χ2v) is 6.14. The summed E-state index contributed by atoms with van der Waals surface area (Å²) in [5.41, 5.74) is -0.747. The van der Waals surface area contributed by atoms with E-state index < -0.39 is 0 Å². The van der Waals surface area contributed by atoms with Crippen molar-refractivity contribution in [3.63, 3.8) is 0 Å². The number of aromatic amines is 1. The monoisotopic (exact) mass is 341 g/mol. The lowest BCUT2D eigenvalue weighted by atomic mass is 10.4. The number of aromatic nitrogens is 4. The summed E-state index contributed by atoms with van der Waals surface area (Å²) in [5, 5.41) is 6.06. The minimum atomic E-state index is -0.387. The van der Waals surface area contributed by atoms with Crippen molar-refractivity contribution in [1.29, 1.82) is 0 Å². The fourth-order valence-corrected chi connectivity index (χ4v) is 2.95. The van der Waals surface area contributed by atoms with Crippen LogP contribution in [0.1, 0.15) is 19.8 Å². The highest BCUT2D eigenvalue weighted by atomic mass is 32.2. The van der Waals surface area contributed by atoms with Gasteiger partial charge in [-0.2, -0.15) is 9.36 Å². The van der Waals surface area contributed by atoms with Crippen molar-refractivity contribution in [1.82, 2.24) is 19.1 Å². The van der Waals surface area contributed by atoms with Gasteiger partial charge in [0.15, 0.2) is 0 Å². The van der Waals surface area contributed by atoms with Crippen LogP contribution in [0.25, 0.3) is 0 Å². The van der Waals surface area contributed by atoms with E-state index in [9.17, 15) is 14.4 Å². The smallest absolute Gasteiger partial charge is 0.265 e. The van der Waals surface area contributed by atoms with Crippen LogP contribution in [0.2, 0.25) is 0 Å². The Labute approximate surface area is 134 Å². The Bertz CT molecular complexity index is 751. The van der Waals surface area contributed by atoms with Crippen LogP contribution in [0, 0.1) is 0 Å². The normalized spacial score (nSPS) is 10.6. The number of amides is 1. The molecule has 22 heavy (non-hydrogen) atoms. The maximum atomic E-state index is 11.8. The summed E-state index contributed by atoms with van der Waals surface area (Å²) < 4.78 is 5.23. The van der Waals surface area contributed by atoms with Crippen molar-refractivity contribution >= 4 is 34.3 Å². The molecule has 118 valence electrons. The Balaban J connectivity index is 1.87. The van der Waals surface area contributed by atoms with Crippen molar-refractivity contribution in [2.24, 2.45) is 0 Å². The topological polar surface area (TPSA) is 110 Å². The van der Waals surface area contributed by atoms with Crippen molar-refractivity contribution < 1.29 is 4.79 Å². The van der Waals surface area contributed by atoms with Crippen LogP contribution in [-0.4, -0.2) is 30.8 Å². The summed E-state index contributed by atoms with van der Waals surface area (Å²) in [4.78, 5) is 38.6. The zero-order valence-corrected chi connectivity index (χ0v) is 13.5. The summed E-state index contributed by atoms with van der Waals surface area (Å²) in [6, 6.07) is 2.31. The first-order chi connectivity index (χ1) is 10.6. The van der Waals surface area contributed by atoms with Gasteiger partial charge in [0.05, 0.1) is 6.54 Å². The molecule has 0 aliphatic rings. The van der Waals surface area contributed by atoms with Crippen LogP contribution in [-0.2, 0) is 11.3 Å². The van der Waals surface area contributed by atoms with Gasteiger partial charge >= 0.3 is 0 Å². The van der Waals surface area contributed by atoms with E-state index >= 15 is 0 Å². The number of hydrogen-bond acceptors (Lipinski definition) is 7. The molecule has 0 saturated carbocycles. The lowest BCUT2D eigenvalue weighted by Gasteiger charge is -2.04. The summed E-state index contributed by atoms with van der Waals surface area (Å²) in [7, 11) is 0. The molecule has 0 atom stereocenters. The fraction of sp³-hybridized carbons (Fsp3) is 0.417. The number of aryl methyl sites for hydroxylation is 1. The SMILES string of the molecule is CCCSc1nsc(NC(=O)CCn2[nH]c(=O)ccc2=O)n1. The molecule has 1 amide bonds. The number of H-pyrrole nitrogens is 1. The van der Waals surface area contributed by atoms with Gasteiger partial charge in [-0.15, -0.1) is 0 Å². The third-order valence-electron chi connectivity index (χ3n) is 2.54. The lowest BCUT2D eigenvalue weighted by molar-refractivity contribution is -0.116. The van der Waals surface area contributed by atoms with Gasteiger partial charge in [-0.1, -0.05) is 18.7 Å². The number of nitrogens with zero attached hydrogens (tertiary/aromatic N) is 3. The molecule has 2 N–H and O–H groups in total. The molecular formula is C12H15N5O3S2. The number of carbonyl (C=O) groups is 1. The molecule has 0 unspecified atom stereocenters. The Morgan fingerprint density at radius 1 is 1.45 bits per heavy atom. The number of nitrogens with one attached hydrogen (secondary N) is 2. The molecule has 0 saturated heterocycles. The van der Waals surface area contributed by atoms with Crippen LogP contribution in [0.3, 0.4) is 0 Å². The molecule has 0 aliphatic heterocycles. The molecule has 0 radical (unpaired) electrons. The van der Waals surface area contributed by atoms with Crippen LogP contribution in [0.5, 0.6) is 0 Å². The van der Waals surface area contributed by atoms with Gasteiger partial charge in [0.2, 0.25) is 16.2 Å². The molecular weight excluding hydrogens is 326 g/mol. The second kappa shape index (κ2) is 7.90. The Morgan fingerprint density at radius 2 is 2.27 bits per heavy atom. The predicted octanol–water partition coefficient (Wildman–Crippen LogP) is 0.919. The molecule has 0 aromatic carbocycles. The fourth-order valence-electron chi connectivity index (χ4n) is 1.54. The average molecular weight is 341 g/mol. The molecule has 2 rings (SSSR count). The molecule has 0 bridgehead atoms. The molecule has 0 fully saturated rings. The standard InChI is InChI=1S/C12H15N5O3S2/c1-2-7-21-12-14-11(22-16-12)13-8(18)5-6-17-10(20)4-3-9(19)15-17/h3-4H,2,5-7H2,1H3,(H,15,19)(H,13,14,16,18). The minimum Gasteiger partial charge on any atom is -0.301 e. The first-order valence-corrected chi connectivity index (χ1v) is 8.41. The molecule has 0 spiro atoms. The number of carbonyl (C=O) groups excluding carboxylic acids is 1. The summed E-state index contributed by atoms with van der Waals surface area (Å²) in [5.74, 6) is 0.633. The molecule has 2 aromatic rings. The maximum absolute atomic E-state index is 11.8.